The summed E-state index contributed by atoms with van der Waals surface area (Å²) < 4.78 is 22.9. The third-order valence-electron chi connectivity index (χ3n) is 2.46. The number of carbonyl (C=O) groups excluding carboxylic acids is 1. The molecule has 6 heteroatoms. The van der Waals surface area contributed by atoms with Crippen molar-refractivity contribution in [3.63, 3.8) is 0 Å². The van der Waals surface area contributed by atoms with Gasteiger partial charge in [-0.15, -0.1) is 0 Å². The van der Waals surface area contributed by atoms with Gasteiger partial charge >= 0.3 is 5.97 Å². The van der Waals surface area contributed by atoms with Crippen LogP contribution in [0.2, 0.25) is 5.15 Å². The van der Waals surface area contributed by atoms with Crippen molar-refractivity contribution in [2.24, 2.45) is 0 Å². The van der Waals surface area contributed by atoms with Crippen molar-refractivity contribution in [1.29, 1.82) is 0 Å². The summed E-state index contributed by atoms with van der Waals surface area (Å²) in [5.41, 5.74) is -0.0805. The number of aromatic nitrogens is 1. The van der Waals surface area contributed by atoms with Gasteiger partial charge < -0.3 is 9.47 Å². The van der Waals surface area contributed by atoms with Gasteiger partial charge in [0.2, 0.25) is 0 Å². The Morgan fingerprint density at radius 2 is 2.06 bits per heavy atom. The van der Waals surface area contributed by atoms with E-state index in [2.05, 4.69) is 9.72 Å². The van der Waals surface area contributed by atoms with Crippen LogP contribution in [0.1, 0.15) is 10.5 Å². The molecule has 0 aliphatic rings. The normalized spacial score (nSPS) is 10.4. The fourth-order valence-corrected chi connectivity index (χ4v) is 1.91. The maximum absolute atomic E-state index is 13.3. The number of halogens is 2. The predicted molar refractivity (Wildman–Crippen MR) is 64.6 cm³/mol. The summed E-state index contributed by atoms with van der Waals surface area (Å²) in [6.45, 7) is 0. The Kier molecular flexibility index (Phi) is 3.34. The molecule has 1 aromatic heterocycles. The topological polar surface area (TPSA) is 48.4 Å². The molecular weight excluding hydrogens is 261 g/mol. The van der Waals surface area contributed by atoms with Gasteiger partial charge in [0.05, 0.1) is 14.2 Å². The number of benzene rings is 1. The van der Waals surface area contributed by atoms with Crippen LogP contribution in [0.15, 0.2) is 18.2 Å². The fraction of sp³-hybridized carbons (Fsp3) is 0.167. The number of pyridine rings is 1. The monoisotopic (exact) mass is 269 g/mol. The maximum atomic E-state index is 13.3. The van der Waals surface area contributed by atoms with Crippen LogP contribution in [0.3, 0.4) is 0 Å². The molecule has 0 aliphatic carbocycles. The lowest BCUT2D eigenvalue weighted by atomic mass is 10.1. The zero-order valence-electron chi connectivity index (χ0n) is 9.66. The van der Waals surface area contributed by atoms with Gasteiger partial charge in [0.1, 0.15) is 11.0 Å². The summed E-state index contributed by atoms with van der Waals surface area (Å²) in [5.74, 6) is -1.01. The molecule has 0 fully saturated rings. The number of nitrogens with zero attached hydrogens (tertiary/aromatic N) is 1. The Bertz CT molecular complexity index is 630. The quantitative estimate of drug-likeness (QED) is 0.621. The van der Waals surface area contributed by atoms with Crippen molar-refractivity contribution in [2.45, 2.75) is 0 Å². The number of hydrogen-bond acceptors (Lipinski definition) is 4. The molecule has 2 rings (SSSR count). The Balaban J connectivity index is 2.85. The zero-order chi connectivity index (χ0) is 13.3. The zero-order valence-corrected chi connectivity index (χ0v) is 10.4. The van der Waals surface area contributed by atoms with E-state index in [4.69, 9.17) is 16.3 Å². The number of ether oxygens (including phenoxy) is 2. The van der Waals surface area contributed by atoms with Crippen LogP contribution in [0.25, 0.3) is 10.8 Å². The highest BCUT2D eigenvalue weighted by Crippen LogP contribution is 2.33. The van der Waals surface area contributed by atoms with Crippen molar-refractivity contribution in [1.82, 2.24) is 4.98 Å². The van der Waals surface area contributed by atoms with E-state index in [9.17, 15) is 9.18 Å². The summed E-state index contributed by atoms with van der Waals surface area (Å²) in [4.78, 5) is 15.5. The van der Waals surface area contributed by atoms with Gasteiger partial charge in [0, 0.05) is 10.8 Å². The van der Waals surface area contributed by atoms with E-state index in [0.717, 1.165) is 0 Å². The van der Waals surface area contributed by atoms with Crippen LogP contribution in [-0.4, -0.2) is 25.2 Å². The number of hydrogen-bond donors (Lipinski definition) is 0. The van der Waals surface area contributed by atoms with E-state index in [0.29, 0.717) is 10.8 Å². The minimum atomic E-state index is -0.695. The summed E-state index contributed by atoms with van der Waals surface area (Å²) in [5, 5.41) is 0.965. The van der Waals surface area contributed by atoms with E-state index in [1.807, 2.05) is 0 Å². The summed E-state index contributed by atoms with van der Waals surface area (Å²) in [6, 6.07) is 3.96. The van der Waals surface area contributed by atoms with E-state index in [1.54, 1.807) is 0 Å². The molecule has 0 saturated carbocycles. The first kappa shape index (κ1) is 12.6. The van der Waals surface area contributed by atoms with Crippen molar-refractivity contribution < 1.29 is 18.7 Å². The third-order valence-corrected chi connectivity index (χ3v) is 2.74. The van der Waals surface area contributed by atoms with Crippen LogP contribution < -0.4 is 4.74 Å². The van der Waals surface area contributed by atoms with Gasteiger partial charge in [-0.25, -0.2) is 14.2 Å². The Morgan fingerprint density at radius 1 is 1.33 bits per heavy atom. The molecule has 0 atom stereocenters. The van der Waals surface area contributed by atoms with Gasteiger partial charge in [-0.1, -0.05) is 11.6 Å². The van der Waals surface area contributed by atoms with Gasteiger partial charge in [-0.05, 0) is 18.2 Å². The molecular formula is C12H9ClFNO3. The SMILES string of the molecule is COC(=O)c1nc(Cl)c2ccc(F)cc2c1OC. The highest BCUT2D eigenvalue weighted by molar-refractivity contribution is 6.34. The molecule has 1 aromatic carbocycles. The largest absolute Gasteiger partial charge is 0.494 e. The Morgan fingerprint density at radius 3 is 2.67 bits per heavy atom. The lowest BCUT2D eigenvalue weighted by molar-refractivity contribution is 0.0590. The second kappa shape index (κ2) is 4.78. The molecule has 0 bridgehead atoms. The average Bonchev–Trinajstić information content (AvgIpc) is 2.37. The van der Waals surface area contributed by atoms with Crippen molar-refractivity contribution in [3.8, 4) is 5.75 Å². The summed E-state index contributed by atoms with van der Waals surface area (Å²) >= 11 is 5.95. The maximum Gasteiger partial charge on any atom is 0.360 e. The minimum Gasteiger partial charge on any atom is -0.494 e. The van der Waals surface area contributed by atoms with Crippen LogP contribution in [-0.2, 0) is 4.74 Å². The number of methoxy groups -OCH3 is 2. The van der Waals surface area contributed by atoms with Gasteiger partial charge in [-0.3, -0.25) is 0 Å². The van der Waals surface area contributed by atoms with Crippen molar-refractivity contribution >= 4 is 28.3 Å². The highest BCUT2D eigenvalue weighted by atomic mass is 35.5. The molecule has 0 unspecified atom stereocenters. The van der Waals surface area contributed by atoms with Crippen molar-refractivity contribution in [2.75, 3.05) is 14.2 Å². The second-order valence-corrected chi connectivity index (χ2v) is 3.82. The average molecular weight is 270 g/mol. The number of carbonyl (C=O) groups is 1. The molecule has 18 heavy (non-hydrogen) atoms. The Hall–Kier alpha value is -1.88. The molecule has 0 spiro atoms. The van der Waals surface area contributed by atoms with E-state index in [1.165, 1.54) is 32.4 Å². The lowest BCUT2D eigenvalue weighted by Gasteiger charge is -2.10. The molecule has 94 valence electrons. The summed E-state index contributed by atoms with van der Waals surface area (Å²) in [7, 11) is 2.58. The first-order chi connectivity index (χ1) is 8.58. The molecule has 0 aliphatic heterocycles. The van der Waals surface area contributed by atoms with Gasteiger partial charge in [-0.2, -0.15) is 0 Å². The van der Waals surface area contributed by atoms with E-state index < -0.39 is 11.8 Å². The first-order valence-corrected chi connectivity index (χ1v) is 5.37. The van der Waals surface area contributed by atoms with Gasteiger partial charge in [0.15, 0.2) is 11.4 Å². The number of rotatable bonds is 2. The number of esters is 1. The molecule has 0 N–H and O–H groups in total. The van der Waals surface area contributed by atoms with E-state index in [-0.39, 0.29) is 16.6 Å². The molecule has 2 aromatic rings. The first-order valence-electron chi connectivity index (χ1n) is 4.99. The third kappa shape index (κ3) is 1.97. The fourth-order valence-electron chi connectivity index (χ4n) is 1.66. The highest BCUT2D eigenvalue weighted by Gasteiger charge is 2.20. The molecule has 0 radical (unpaired) electrons. The smallest absolute Gasteiger partial charge is 0.360 e. The predicted octanol–water partition coefficient (Wildman–Crippen LogP) is 2.82. The van der Waals surface area contributed by atoms with Crippen LogP contribution in [0.4, 0.5) is 4.39 Å². The number of fused-ring (bicyclic) bond motifs is 1. The molecule has 0 amide bonds. The molecule has 0 saturated heterocycles. The van der Waals surface area contributed by atoms with Crippen molar-refractivity contribution in [3.05, 3.63) is 34.9 Å². The van der Waals surface area contributed by atoms with Gasteiger partial charge in [0.25, 0.3) is 0 Å². The summed E-state index contributed by atoms with van der Waals surface area (Å²) in [6.07, 6.45) is 0. The Labute approximate surface area is 107 Å². The minimum absolute atomic E-state index is 0.0805. The standard InChI is InChI=1S/C12H9ClFNO3/c1-17-10-8-5-6(14)3-4-7(8)11(13)15-9(10)12(16)18-2/h3-5H,1-2H3. The second-order valence-electron chi connectivity index (χ2n) is 3.47. The van der Waals surface area contributed by atoms with Crippen LogP contribution in [0.5, 0.6) is 5.75 Å². The molecule has 1 heterocycles. The van der Waals surface area contributed by atoms with E-state index >= 15 is 0 Å². The molecule has 4 nitrogen and oxygen atoms in total. The van der Waals surface area contributed by atoms with Crippen LogP contribution >= 0.6 is 11.6 Å². The van der Waals surface area contributed by atoms with Crippen LogP contribution in [0, 0.1) is 5.82 Å². The lowest BCUT2D eigenvalue weighted by Crippen LogP contribution is -2.08.